The second-order valence-electron chi connectivity index (χ2n) is 11.9. The van der Waals surface area contributed by atoms with Gasteiger partial charge in [0.2, 0.25) is 11.8 Å². The minimum atomic E-state index is -3.72. The van der Waals surface area contributed by atoms with Gasteiger partial charge in [-0.25, -0.2) is 0 Å². The minimum Gasteiger partial charge on any atom is -0.481 e. The monoisotopic (exact) mass is 730 g/mol. The Kier molecular flexibility index (Phi) is 18.0. The molecule has 2 aromatic rings. The Morgan fingerprint density at radius 1 is 0.765 bits per heavy atom. The highest BCUT2D eigenvalue weighted by molar-refractivity contribution is 7.57. The average Bonchev–Trinajstić information content (AvgIpc) is 3.07. The minimum absolute atomic E-state index is 0.0592. The lowest BCUT2D eigenvalue weighted by molar-refractivity contribution is -0.150. The molecule has 0 saturated carbocycles. The third-order valence-corrected chi connectivity index (χ3v) is 9.37. The Balaban J connectivity index is 2.29. The molecule has 4 atom stereocenters. The highest BCUT2D eigenvalue weighted by Crippen LogP contribution is 2.49. The van der Waals surface area contributed by atoms with E-state index in [-0.39, 0.29) is 19.8 Å². The molecular weight excluding hydrogens is 683 g/mol. The smallest absolute Gasteiger partial charge is 0.353 e. The van der Waals surface area contributed by atoms with Crippen LogP contribution in [-0.2, 0) is 53.7 Å². The molecule has 0 heterocycles. The lowest BCUT2D eigenvalue weighted by atomic mass is 9.86. The van der Waals surface area contributed by atoms with E-state index in [9.17, 15) is 43.5 Å². The lowest BCUT2D eigenvalue weighted by Gasteiger charge is -2.26. The van der Waals surface area contributed by atoms with Gasteiger partial charge in [0, 0.05) is 18.2 Å². The van der Waals surface area contributed by atoms with Gasteiger partial charge in [0.1, 0.15) is 12.6 Å². The SMILES string of the molecule is CCOP(=O)(/C=C/[C@H](CC(=O)O)NC(=O)[C@@H](CC(=O)[C@@H](NC(=O)[C@H](CC(=O)O)CC(=O)OCc1ccccc1)c1ccccc1)C(C)C)OCC. The normalized spacial score (nSPS) is 13.9. The summed E-state index contributed by atoms with van der Waals surface area (Å²) < 4.78 is 28.6. The number of ketones is 1. The van der Waals surface area contributed by atoms with Crippen molar-refractivity contribution in [3.63, 3.8) is 0 Å². The molecule has 278 valence electrons. The molecule has 0 aliphatic rings. The molecule has 0 saturated heterocycles. The summed E-state index contributed by atoms with van der Waals surface area (Å²) >= 11 is 0. The predicted molar refractivity (Wildman–Crippen MR) is 186 cm³/mol. The molecule has 51 heavy (non-hydrogen) atoms. The zero-order valence-electron chi connectivity index (χ0n) is 29.2. The van der Waals surface area contributed by atoms with E-state index < -0.39 is 98.6 Å². The summed E-state index contributed by atoms with van der Waals surface area (Å²) in [7, 11) is -3.72. The quantitative estimate of drug-likeness (QED) is 0.0875. The van der Waals surface area contributed by atoms with Crippen molar-refractivity contribution in [3.05, 3.63) is 83.7 Å². The van der Waals surface area contributed by atoms with Gasteiger partial charge >= 0.3 is 25.5 Å². The number of carbonyl (C=O) groups is 6. The first-order chi connectivity index (χ1) is 24.2. The molecule has 14 nitrogen and oxygen atoms in total. The number of esters is 1. The zero-order valence-corrected chi connectivity index (χ0v) is 30.1. The van der Waals surface area contributed by atoms with Crippen LogP contribution in [0.2, 0.25) is 0 Å². The van der Waals surface area contributed by atoms with Crippen molar-refractivity contribution in [1.82, 2.24) is 10.6 Å². The number of Topliss-reactive ketones (excluding diaryl/α,β-unsaturated/α-hetero) is 1. The summed E-state index contributed by atoms with van der Waals surface area (Å²) in [6, 6.07) is 14.5. The summed E-state index contributed by atoms with van der Waals surface area (Å²) in [6.07, 6.45) is -1.02. The number of amides is 2. The van der Waals surface area contributed by atoms with Crippen molar-refractivity contribution in [2.45, 2.75) is 72.1 Å². The third-order valence-electron chi connectivity index (χ3n) is 7.59. The fourth-order valence-corrected chi connectivity index (χ4v) is 6.41. The first kappa shape index (κ1) is 42.5. The van der Waals surface area contributed by atoms with Gasteiger partial charge in [-0.15, -0.1) is 0 Å². The van der Waals surface area contributed by atoms with E-state index in [2.05, 4.69) is 10.6 Å². The van der Waals surface area contributed by atoms with E-state index in [1.54, 1.807) is 88.4 Å². The summed E-state index contributed by atoms with van der Waals surface area (Å²) in [5, 5.41) is 24.2. The van der Waals surface area contributed by atoms with Gasteiger partial charge in [-0.05, 0) is 30.9 Å². The van der Waals surface area contributed by atoms with Crippen LogP contribution >= 0.6 is 7.60 Å². The van der Waals surface area contributed by atoms with Crippen LogP contribution in [0.4, 0.5) is 0 Å². The largest absolute Gasteiger partial charge is 0.481 e. The number of carboxylic acid groups (broad SMARTS) is 2. The number of hydrogen-bond donors (Lipinski definition) is 4. The number of hydrogen-bond acceptors (Lipinski definition) is 10. The molecule has 0 fully saturated rings. The molecule has 15 heteroatoms. The highest BCUT2D eigenvalue weighted by Gasteiger charge is 2.34. The number of nitrogens with one attached hydrogen (secondary N) is 2. The molecular formula is C36H47N2O12P. The van der Waals surface area contributed by atoms with Crippen molar-refractivity contribution in [3.8, 4) is 0 Å². The maximum absolute atomic E-state index is 13.9. The fourth-order valence-electron chi connectivity index (χ4n) is 5.03. The molecule has 0 aliphatic heterocycles. The van der Waals surface area contributed by atoms with Gasteiger partial charge in [-0.1, -0.05) is 80.6 Å². The van der Waals surface area contributed by atoms with Crippen LogP contribution in [0, 0.1) is 17.8 Å². The number of carboxylic acids is 2. The molecule has 2 aromatic carbocycles. The number of rotatable bonds is 23. The summed E-state index contributed by atoms with van der Waals surface area (Å²) in [6.45, 7) is 6.65. The van der Waals surface area contributed by atoms with Gasteiger partial charge in [-0.3, -0.25) is 33.3 Å². The molecule has 0 unspecified atom stereocenters. The Labute approximate surface area is 297 Å². The summed E-state index contributed by atoms with van der Waals surface area (Å²) in [5.74, 6) is -7.25. The summed E-state index contributed by atoms with van der Waals surface area (Å²) in [5.41, 5.74) is 1.05. The van der Waals surface area contributed by atoms with E-state index in [1.165, 1.54) is 6.08 Å². The second-order valence-corrected chi connectivity index (χ2v) is 13.8. The van der Waals surface area contributed by atoms with E-state index >= 15 is 0 Å². The molecule has 0 radical (unpaired) electrons. The van der Waals surface area contributed by atoms with Crippen molar-refractivity contribution in [2.75, 3.05) is 13.2 Å². The molecule has 0 spiro atoms. The van der Waals surface area contributed by atoms with Crippen molar-refractivity contribution in [1.29, 1.82) is 0 Å². The van der Waals surface area contributed by atoms with Crippen LogP contribution in [0.25, 0.3) is 0 Å². The maximum atomic E-state index is 13.9. The Morgan fingerprint density at radius 2 is 1.33 bits per heavy atom. The first-order valence-electron chi connectivity index (χ1n) is 16.6. The van der Waals surface area contributed by atoms with Gasteiger partial charge in [0.15, 0.2) is 5.78 Å². The lowest BCUT2D eigenvalue weighted by Crippen LogP contribution is -2.43. The number of benzene rings is 2. The van der Waals surface area contributed by atoms with Gasteiger partial charge in [0.05, 0.1) is 44.4 Å². The Morgan fingerprint density at radius 3 is 1.86 bits per heavy atom. The van der Waals surface area contributed by atoms with E-state index in [0.717, 1.165) is 5.82 Å². The maximum Gasteiger partial charge on any atom is 0.353 e. The molecule has 0 bridgehead atoms. The van der Waals surface area contributed by atoms with Crippen LogP contribution in [0.5, 0.6) is 0 Å². The standard InChI is InChI=1S/C36H47N2O12P/c1-5-49-51(47,50-6-2)18-17-28(21-32(42)43)37-36(46)29(24(3)4)22-30(39)34(26-15-11-8-12-16-26)38-35(45)27(19-31(40)41)20-33(44)48-23-25-13-9-7-10-14-25/h7-18,24,27-29,34H,5-6,19-23H2,1-4H3,(H,37,46)(H,38,45)(H,40,41)(H,42,43)/b18-17+/t27-,28-,29+,34+/m1/s1. The predicted octanol–water partition coefficient (Wildman–Crippen LogP) is 5.04. The van der Waals surface area contributed by atoms with Crippen LogP contribution in [-0.4, -0.2) is 65.0 Å². The summed E-state index contributed by atoms with van der Waals surface area (Å²) in [4.78, 5) is 76.9. The molecule has 0 aromatic heterocycles. The van der Waals surface area contributed by atoms with E-state index in [4.69, 9.17) is 13.8 Å². The highest BCUT2D eigenvalue weighted by atomic mass is 31.2. The average molecular weight is 731 g/mol. The molecule has 2 amide bonds. The van der Waals surface area contributed by atoms with Crippen LogP contribution in [0.3, 0.4) is 0 Å². The zero-order chi connectivity index (χ0) is 38.0. The van der Waals surface area contributed by atoms with Crippen molar-refractivity contribution in [2.24, 2.45) is 17.8 Å². The van der Waals surface area contributed by atoms with Crippen LogP contribution < -0.4 is 10.6 Å². The Bertz CT molecular complexity index is 1540. The van der Waals surface area contributed by atoms with Crippen LogP contribution in [0.15, 0.2) is 72.6 Å². The molecule has 4 N–H and O–H groups in total. The van der Waals surface area contributed by atoms with Gasteiger partial charge in [0.25, 0.3) is 0 Å². The number of aliphatic carboxylic acids is 2. The van der Waals surface area contributed by atoms with Crippen molar-refractivity contribution >= 4 is 43.1 Å². The topological polar surface area (TPSA) is 212 Å². The van der Waals surface area contributed by atoms with Crippen LogP contribution in [0.1, 0.15) is 70.5 Å². The number of carbonyl (C=O) groups excluding carboxylic acids is 4. The van der Waals surface area contributed by atoms with Gasteiger partial charge < -0.3 is 34.6 Å². The van der Waals surface area contributed by atoms with E-state index in [0.29, 0.717) is 11.1 Å². The van der Waals surface area contributed by atoms with Gasteiger partial charge in [-0.2, -0.15) is 0 Å². The third kappa shape index (κ3) is 15.4. The second kappa shape index (κ2) is 21.5. The first-order valence-corrected chi connectivity index (χ1v) is 18.2. The molecule has 2 rings (SSSR count). The fraction of sp³-hybridized carbons (Fsp3) is 0.444. The number of ether oxygens (including phenoxy) is 1. The molecule has 0 aliphatic carbocycles. The van der Waals surface area contributed by atoms with E-state index in [1.807, 2.05) is 0 Å². The Hall–Kier alpha value is -4.65. The van der Waals surface area contributed by atoms with Crippen molar-refractivity contribution < 1.29 is 57.3 Å².